The molecule has 0 heterocycles. The van der Waals surface area contributed by atoms with E-state index >= 15 is 0 Å². The number of nitrogens with one attached hydrogen (secondary N) is 1. The van der Waals surface area contributed by atoms with Gasteiger partial charge in [0.15, 0.2) is 6.61 Å². The summed E-state index contributed by atoms with van der Waals surface area (Å²) in [4.78, 5) is 34.7. The maximum absolute atomic E-state index is 13.5. The van der Waals surface area contributed by atoms with Gasteiger partial charge in [0.05, 0.1) is 11.1 Å². The first-order valence-electron chi connectivity index (χ1n) is 6.90. The lowest BCUT2D eigenvalue weighted by Gasteiger charge is -2.07. The van der Waals surface area contributed by atoms with E-state index in [1.165, 1.54) is 25.1 Å². The highest BCUT2D eigenvalue weighted by atomic mass is 19.1. The number of carbonyl (C=O) groups excluding carboxylic acids is 3. The number of benzene rings is 2. The summed E-state index contributed by atoms with van der Waals surface area (Å²) in [5, 5.41) is 2.50. The first kappa shape index (κ1) is 17.3. The third kappa shape index (κ3) is 4.45. The summed E-state index contributed by atoms with van der Waals surface area (Å²) < 4.78 is 31.3. The van der Waals surface area contributed by atoms with Crippen molar-refractivity contribution >= 4 is 23.3 Å². The van der Waals surface area contributed by atoms with Gasteiger partial charge in [-0.1, -0.05) is 6.07 Å². The second-order valence-corrected chi connectivity index (χ2v) is 4.89. The average molecular weight is 333 g/mol. The topological polar surface area (TPSA) is 72.5 Å². The van der Waals surface area contributed by atoms with Crippen LogP contribution < -0.4 is 5.32 Å². The normalized spacial score (nSPS) is 10.1. The number of anilines is 1. The monoisotopic (exact) mass is 333 g/mol. The average Bonchev–Trinajstić information content (AvgIpc) is 2.54. The van der Waals surface area contributed by atoms with E-state index in [2.05, 4.69) is 5.32 Å². The van der Waals surface area contributed by atoms with Gasteiger partial charge in [-0.3, -0.25) is 9.59 Å². The molecule has 1 amide bonds. The molecule has 0 fully saturated rings. The Kier molecular flexibility index (Phi) is 5.36. The van der Waals surface area contributed by atoms with Gasteiger partial charge in [-0.25, -0.2) is 13.6 Å². The lowest BCUT2D eigenvalue weighted by atomic mass is 10.1. The van der Waals surface area contributed by atoms with Crippen molar-refractivity contribution in [2.75, 3.05) is 11.9 Å². The third-order valence-corrected chi connectivity index (χ3v) is 2.98. The van der Waals surface area contributed by atoms with E-state index in [9.17, 15) is 23.2 Å². The zero-order valence-electron chi connectivity index (χ0n) is 12.6. The predicted molar refractivity (Wildman–Crippen MR) is 81.7 cm³/mol. The van der Waals surface area contributed by atoms with Crippen molar-refractivity contribution < 1.29 is 27.9 Å². The van der Waals surface area contributed by atoms with Crippen molar-refractivity contribution in [2.24, 2.45) is 0 Å². The molecule has 5 nitrogen and oxygen atoms in total. The zero-order chi connectivity index (χ0) is 17.7. The van der Waals surface area contributed by atoms with E-state index in [1.54, 1.807) is 6.07 Å². The van der Waals surface area contributed by atoms with Crippen molar-refractivity contribution in [1.29, 1.82) is 0 Å². The fourth-order valence-electron chi connectivity index (χ4n) is 1.93. The van der Waals surface area contributed by atoms with Crippen LogP contribution in [0, 0.1) is 11.6 Å². The highest BCUT2D eigenvalue weighted by molar-refractivity contribution is 6.00. The molecule has 0 aliphatic heterocycles. The number of esters is 1. The van der Waals surface area contributed by atoms with Crippen LogP contribution in [0.5, 0.6) is 0 Å². The molecule has 0 aromatic heterocycles. The van der Waals surface area contributed by atoms with Crippen LogP contribution in [-0.4, -0.2) is 24.3 Å². The summed E-state index contributed by atoms with van der Waals surface area (Å²) in [5.74, 6) is -3.66. The van der Waals surface area contributed by atoms with Crippen LogP contribution in [0.4, 0.5) is 14.5 Å². The number of amides is 1. The molecule has 2 rings (SSSR count). The van der Waals surface area contributed by atoms with Crippen molar-refractivity contribution in [3.8, 4) is 0 Å². The van der Waals surface area contributed by atoms with E-state index in [-0.39, 0.29) is 11.5 Å². The van der Waals surface area contributed by atoms with Crippen LogP contribution in [0.1, 0.15) is 27.6 Å². The van der Waals surface area contributed by atoms with Crippen molar-refractivity contribution in [3.05, 3.63) is 65.2 Å². The van der Waals surface area contributed by atoms with Crippen LogP contribution >= 0.6 is 0 Å². The Labute approximate surface area is 136 Å². The molecule has 0 spiro atoms. The number of carbonyl (C=O) groups is 3. The third-order valence-electron chi connectivity index (χ3n) is 2.98. The number of hydrogen-bond donors (Lipinski definition) is 1. The van der Waals surface area contributed by atoms with E-state index in [1.807, 2.05) is 0 Å². The van der Waals surface area contributed by atoms with Crippen LogP contribution in [-0.2, 0) is 9.53 Å². The fourth-order valence-corrected chi connectivity index (χ4v) is 1.93. The van der Waals surface area contributed by atoms with Gasteiger partial charge in [-0.15, -0.1) is 0 Å². The number of ketones is 1. The number of halogens is 2. The Morgan fingerprint density at radius 3 is 2.54 bits per heavy atom. The summed E-state index contributed by atoms with van der Waals surface area (Å²) in [6, 6.07) is 8.34. The van der Waals surface area contributed by atoms with Gasteiger partial charge < -0.3 is 10.1 Å². The lowest BCUT2D eigenvalue weighted by molar-refractivity contribution is -0.114. The van der Waals surface area contributed by atoms with Crippen LogP contribution in [0.2, 0.25) is 0 Å². The van der Waals surface area contributed by atoms with E-state index in [4.69, 9.17) is 4.74 Å². The molecule has 7 heteroatoms. The Morgan fingerprint density at radius 1 is 1.08 bits per heavy atom. The maximum Gasteiger partial charge on any atom is 0.338 e. The smallest absolute Gasteiger partial charge is 0.338 e. The fraction of sp³-hybridized carbons (Fsp3) is 0.118. The molecule has 0 aliphatic carbocycles. The minimum Gasteiger partial charge on any atom is -0.454 e. The predicted octanol–water partition coefficient (Wildman–Crippen LogP) is 2.96. The molecule has 0 saturated carbocycles. The van der Waals surface area contributed by atoms with Crippen LogP contribution in [0.15, 0.2) is 42.5 Å². The Bertz CT molecular complexity index is 805. The van der Waals surface area contributed by atoms with Gasteiger partial charge in [-0.2, -0.15) is 0 Å². The molecule has 2 aromatic rings. The van der Waals surface area contributed by atoms with E-state index < -0.39 is 35.6 Å². The van der Waals surface area contributed by atoms with Gasteiger partial charge in [0.25, 0.3) is 0 Å². The second kappa shape index (κ2) is 7.45. The van der Waals surface area contributed by atoms with Crippen LogP contribution in [0.3, 0.4) is 0 Å². The minimum absolute atomic E-state index is 0.105. The SMILES string of the molecule is CC(=O)Nc1cccc(C(=O)OCC(=O)c2cc(F)ccc2F)c1. The zero-order valence-corrected chi connectivity index (χ0v) is 12.6. The van der Waals surface area contributed by atoms with Gasteiger partial charge in [-0.05, 0) is 36.4 Å². The Balaban J connectivity index is 2.04. The molecule has 124 valence electrons. The number of hydrogen-bond acceptors (Lipinski definition) is 4. The Hall–Kier alpha value is -3.09. The molecule has 0 atom stereocenters. The molecule has 0 saturated heterocycles. The van der Waals surface area contributed by atoms with Gasteiger partial charge in [0.1, 0.15) is 11.6 Å². The highest BCUT2D eigenvalue weighted by Gasteiger charge is 2.16. The molecule has 0 aliphatic rings. The number of rotatable bonds is 5. The largest absolute Gasteiger partial charge is 0.454 e. The first-order valence-corrected chi connectivity index (χ1v) is 6.90. The summed E-state index contributed by atoms with van der Waals surface area (Å²) in [6.07, 6.45) is 0. The van der Waals surface area contributed by atoms with E-state index in [0.29, 0.717) is 5.69 Å². The molecule has 1 N–H and O–H groups in total. The molecule has 2 aromatic carbocycles. The number of ether oxygens (including phenoxy) is 1. The molecule has 0 radical (unpaired) electrons. The molecular formula is C17H13F2NO4. The molecule has 0 unspecified atom stereocenters. The Morgan fingerprint density at radius 2 is 1.83 bits per heavy atom. The molecule has 24 heavy (non-hydrogen) atoms. The summed E-state index contributed by atoms with van der Waals surface area (Å²) in [7, 11) is 0. The molecule has 0 bridgehead atoms. The maximum atomic E-state index is 13.5. The van der Waals surface area contributed by atoms with Crippen molar-refractivity contribution in [2.45, 2.75) is 6.92 Å². The summed E-state index contributed by atoms with van der Waals surface area (Å²) in [6.45, 7) is 0.584. The van der Waals surface area contributed by atoms with E-state index in [0.717, 1.165) is 18.2 Å². The van der Waals surface area contributed by atoms with Crippen molar-refractivity contribution in [3.63, 3.8) is 0 Å². The molecular weight excluding hydrogens is 320 g/mol. The van der Waals surface area contributed by atoms with Gasteiger partial charge in [0.2, 0.25) is 11.7 Å². The van der Waals surface area contributed by atoms with Gasteiger partial charge in [0, 0.05) is 12.6 Å². The number of Topliss-reactive ketones (excluding diaryl/α,β-unsaturated/α-hetero) is 1. The first-order chi connectivity index (χ1) is 11.4. The quantitative estimate of drug-likeness (QED) is 0.674. The highest BCUT2D eigenvalue weighted by Crippen LogP contribution is 2.13. The van der Waals surface area contributed by atoms with Crippen LogP contribution in [0.25, 0.3) is 0 Å². The van der Waals surface area contributed by atoms with Gasteiger partial charge >= 0.3 is 5.97 Å². The minimum atomic E-state index is -0.898. The summed E-state index contributed by atoms with van der Waals surface area (Å²) >= 11 is 0. The lowest BCUT2D eigenvalue weighted by Crippen LogP contribution is -2.16. The standard InChI is InChI=1S/C17H13F2NO4/c1-10(21)20-13-4-2-3-11(7-13)17(23)24-9-16(22)14-8-12(18)5-6-15(14)19/h2-8H,9H2,1H3,(H,20,21). The van der Waals surface area contributed by atoms with Crippen molar-refractivity contribution in [1.82, 2.24) is 0 Å². The summed E-state index contributed by atoms with van der Waals surface area (Å²) in [5.41, 5.74) is 0.00279. The second-order valence-electron chi connectivity index (χ2n) is 4.89.